The second-order valence-electron chi connectivity index (χ2n) is 8.20. The summed E-state index contributed by atoms with van der Waals surface area (Å²) in [6, 6.07) is -5.11. The highest BCUT2D eigenvalue weighted by Gasteiger charge is 2.65. The van der Waals surface area contributed by atoms with Gasteiger partial charge in [-0.3, -0.25) is 24.0 Å². The van der Waals surface area contributed by atoms with Crippen molar-refractivity contribution in [1.82, 2.24) is 15.5 Å². The highest BCUT2D eigenvalue weighted by Crippen LogP contribution is 2.36. The Balaban J connectivity index is 3.00. The van der Waals surface area contributed by atoms with Crippen LogP contribution in [-0.4, -0.2) is 77.0 Å². The number of halogens is 5. The lowest BCUT2D eigenvalue weighted by molar-refractivity contribution is -0.267. The third kappa shape index (κ3) is 6.45. The first kappa shape index (κ1) is 28.4. The SMILES string of the molecule is CC(C)[C@H](NC(=O)[C@@H]1CCCN1C(=O)[C@H](C)NC(=O)[C@H](C)N)C(=O)C(=O)C(F)(F)C(F)(F)F. The van der Waals surface area contributed by atoms with E-state index in [1.165, 1.54) is 27.7 Å². The molecule has 3 amide bonds. The highest BCUT2D eigenvalue weighted by atomic mass is 19.4. The Bertz CT molecular complexity index is 800. The second-order valence-corrected chi connectivity index (χ2v) is 8.20. The molecule has 0 bridgehead atoms. The number of nitrogens with zero attached hydrogens (tertiary/aromatic N) is 1. The van der Waals surface area contributed by atoms with Crippen LogP contribution in [0.3, 0.4) is 0 Å². The van der Waals surface area contributed by atoms with E-state index < -0.39 is 71.5 Å². The molecule has 0 aromatic rings. The normalized spacial score (nSPS) is 19.6. The molecule has 188 valence electrons. The number of likely N-dealkylation sites (tertiary alicyclic amines) is 1. The van der Waals surface area contributed by atoms with Crippen molar-refractivity contribution in [2.45, 2.75) is 76.8 Å². The monoisotopic (exact) mass is 486 g/mol. The largest absolute Gasteiger partial charge is 0.461 e. The van der Waals surface area contributed by atoms with Crippen LogP contribution in [0.1, 0.15) is 40.5 Å². The van der Waals surface area contributed by atoms with Gasteiger partial charge in [0.15, 0.2) is 0 Å². The van der Waals surface area contributed by atoms with Crippen LogP contribution in [0.2, 0.25) is 0 Å². The Morgan fingerprint density at radius 1 is 0.970 bits per heavy atom. The minimum atomic E-state index is -6.28. The van der Waals surface area contributed by atoms with E-state index in [0.29, 0.717) is 6.42 Å². The van der Waals surface area contributed by atoms with E-state index >= 15 is 0 Å². The van der Waals surface area contributed by atoms with Crippen LogP contribution < -0.4 is 16.4 Å². The van der Waals surface area contributed by atoms with Gasteiger partial charge in [-0.05, 0) is 32.6 Å². The molecule has 0 spiro atoms. The maximum atomic E-state index is 13.4. The van der Waals surface area contributed by atoms with Crippen molar-refractivity contribution in [2.75, 3.05) is 6.54 Å². The molecule has 4 atom stereocenters. The van der Waals surface area contributed by atoms with Crippen LogP contribution in [0.25, 0.3) is 0 Å². The van der Waals surface area contributed by atoms with E-state index in [-0.39, 0.29) is 13.0 Å². The topological polar surface area (TPSA) is 139 Å². The Labute approximate surface area is 186 Å². The van der Waals surface area contributed by atoms with Gasteiger partial charge in [-0.15, -0.1) is 0 Å². The summed E-state index contributed by atoms with van der Waals surface area (Å²) in [6.45, 7) is 5.33. The summed E-state index contributed by atoms with van der Waals surface area (Å²) in [6.07, 6.45) is -5.82. The van der Waals surface area contributed by atoms with Gasteiger partial charge in [-0.2, -0.15) is 22.0 Å². The lowest BCUT2D eigenvalue weighted by Crippen LogP contribution is -2.58. The molecule has 4 N–H and O–H groups in total. The number of hydrogen-bond acceptors (Lipinski definition) is 6. The first-order chi connectivity index (χ1) is 14.9. The molecule has 0 aromatic carbocycles. The fraction of sp³-hybridized carbons (Fsp3) is 0.737. The number of nitrogens with one attached hydrogen (secondary N) is 2. The van der Waals surface area contributed by atoms with Gasteiger partial charge in [0.05, 0.1) is 12.1 Å². The van der Waals surface area contributed by atoms with Crippen molar-refractivity contribution < 1.29 is 45.9 Å². The van der Waals surface area contributed by atoms with E-state index in [2.05, 4.69) is 5.32 Å². The standard InChI is InChI=1S/C19H27F5N4O5/c1-8(2)12(13(29)14(30)18(20,21)19(22,23)24)27-16(32)11-6-5-7-28(11)17(33)10(4)26-15(31)9(3)25/h8-12H,5-7,25H2,1-4H3,(H,26,31)(H,27,32)/t9-,10-,11-,12-/m0/s1. The number of hydrogen-bond donors (Lipinski definition) is 3. The molecule has 33 heavy (non-hydrogen) atoms. The summed E-state index contributed by atoms with van der Waals surface area (Å²) in [5.41, 5.74) is 5.42. The molecule has 0 radical (unpaired) electrons. The number of Topliss-reactive ketones (excluding diaryl/α,β-unsaturated/α-hetero) is 2. The summed E-state index contributed by atoms with van der Waals surface area (Å²) in [7, 11) is 0. The first-order valence-corrected chi connectivity index (χ1v) is 10.1. The Kier molecular flexibility index (Phi) is 9.06. The molecular weight excluding hydrogens is 459 g/mol. The summed E-state index contributed by atoms with van der Waals surface area (Å²) in [4.78, 5) is 61.9. The lowest BCUT2D eigenvalue weighted by atomic mass is 9.94. The van der Waals surface area contributed by atoms with E-state index in [4.69, 9.17) is 5.73 Å². The smallest absolute Gasteiger partial charge is 0.344 e. The van der Waals surface area contributed by atoms with Crippen molar-refractivity contribution >= 4 is 29.3 Å². The van der Waals surface area contributed by atoms with Gasteiger partial charge in [0, 0.05) is 6.54 Å². The van der Waals surface area contributed by atoms with Gasteiger partial charge < -0.3 is 21.3 Å². The maximum Gasteiger partial charge on any atom is 0.461 e. The summed E-state index contributed by atoms with van der Waals surface area (Å²) in [5.74, 6) is -14.3. The molecule has 0 aromatic heterocycles. The van der Waals surface area contributed by atoms with E-state index in [0.717, 1.165) is 4.90 Å². The van der Waals surface area contributed by atoms with Gasteiger partial charge in [-0.1, -0.05) is 13.8 Å². The molecular formula is C19H27F5N4O5. The molecule has 1 heterocycles. The quantitative estimate of drug-likeness (QED) is 0.317. The van der Waals surface area contributed by atoms with Gasteiger partial charge in [-0.25, -0.2) is 0 Å². The van der Waals surface area contributed by atoms with Crippen LogP contribution in [0, 0.1) is 5.92 Å². The number of alkyl halides is 5. The van der Waals surface area contributed by atoms with Crippen LogP contribution >= 0.6 is 0 Å². The van der Waals surface area contributed by atoms with E-state index in [1.807, 2.05) is 5.32 Å². The fourth-order valence-electron chi connectivity index (χ4n) is 3.17. The van der Waals surface area contributed by atoms with E-state index in [1.54, 1.807) is 0 Å². The minimum Gasteiger partial charge on any atom is -0.344 e. The Hall–Kier alpha value is -2.64. The number of ketones is 2. The van der Waals surface area contributed by atoms with Gasteiger partial charge >= 0.3 is 12.1 Å². The molecule has 1 rings (SSSR count). The number of carbonyl (C=O) groups excluding carboxylic acids is 5. The van der Waals surface area contributed by atoms with Crippen LogP contribution in [0.15, 0.2) is 0 Å². The highest BCUT2D eigenvalue weighted by molar-refractivity contribution is 6.42. The molecule has 1 aliphatic heterocycles. The molecule has 14 heteroatoms. The van der Waals surface area contributed by atoms with Crippen molar-refractivity contribution in [2.24, 2.45) is 11.7 Å². The summed E-state index contributed by atoms with van der Waals surface area (Å²) in [5, 5.41) is 4.40. The van der Waals surface area contributed by atoms with Gasteiger partial charge in [0.2, 0.25) is 23.5 Å². The maximum absolute atomic E-state index is 13.4. The zero-order valence-corrected chi connectivity index (χ0v) is 18.5. The van der Waals surface area contributed by atoms with Crippen LogP contribution in [0.5, 0.6) is 0 Å². The molecule has 1 fully saturated rings. The third-order valence-electron chi connectivity index (χ3n) is 5.09. The zero-order valence-electron chi connectivity index (χ0n) is 18.5. The van der Waals surface area contributed by atoms with Crippen LogP contribution in [-0.2, 0) is 24.0 Å². The van der Waals surface area contributed by atoms with Gasteiger partial charge in [0.25, 0.3) is 5.78 Å². The number of carbonyl (C=O) groups is 5. The minimum absolute atomic E-state index is 0.0979. The predicted molar refractivity (Wildman–Crippen MR) is 104 cm³/mol. The first-order valence-electron chi connectivity index (χ1n) is 10.1. The molecule has 0 unspecified atom stereocenters. The predicted octanol–water partition coefficient (Wildman–Crippen LogP) is 0.306. The fourth-order valence-corrected chi connectivity index (χ4v) is 3.17. The van der Waals surface area contributed by atoms with Crippen molar-refractivity contribution in [3.05, 3.63) is 0 Å². The van der Waals surface area contributed by atoms with Crippen LogP contribution in [0.4, 0.5) is 22.0 Å². The molecule has 1 saturated heterocycles. The average molecular weight is 486 g/mol. The Morgan fingerprint density at radius 2 is 1.52 bits per heavy atom. The second kappa shape index (κ2) is 10.5. The summed E-state index contributed by atoms with van der Waals surface area (Å²) >= 11 is 0. The van der Waals surface area contributed by atoms with Crippen molar-refractivity contribution in [3.63, 3.8) is 0 Å². The van der Waals surface area contributed by atoms with E-state index in [9.17, 15) is 45.9 Å². The van der Waals surface area contributed by atoms with Crippen molar-refractivity contribution in [1.29, 1.82) is 0 Å². The summed E-state index contributed by atoms with van der Waals surface area (Å²) < 4.78 is 64.1. The molecule has 0 saturated carbocycles. The number of nitrogens with two attached hydrogens (primary N) is 1. The molecule has 0 aliphatic carbocycles. The Morgan fingerprint density at radius 3 is 1.97 bits per heavy atom. The molecule has 1 aliphatic rings. The van der Waals surface area contributed by atoms with Gasteiger partial charge in [0.1, 0.15) is 12.1 Å². The number of amides is 3. The average Bonchev–Trinajstić information content (AvgIpc) is 3.18. The molecule has 9 nitrogen and oxygen atoms in total. The number of rotatable bonds is 9. The zero-order chi connectivity index (χ0) is 25.9. The van der Waals surface area contributed by atoms with Crippen molar-refractivity contribution in [3.8, 4) is 0 Å². The third-order valence-corrected chi connectivity index (χ3v) is 5.09. The lowest BCUT2D eigenvalue weighted by Gasteiger charge is -2.30.